The van der Waals surface area contributed by atoms with E-state index < -0.39 is 12.0 Å². The standard InChI is InChI=1S/C12H20N2O3S/c1-7(2)9-14(8(6-18-9)10(15)16)11(17)13-12(3)4-5-12/h7-9H,4-6H2,1-3H3,(H,13,17)(H,15,16). The van der Waals surface area contributed by atoms with Gasteiger partial charge in [0.1, 0.15) is 6.04 Å². The zero-order chi connectivity index (χ0) is 13.5. The number of carbonyl (C=O) groups is 2. The Morgan fingerprint density at radius 3 is 2.50 bits per heavy atom. The number of amides is 2. The van der Waals surface area contributed by atoms with E-state index in [1.165, 1.54) is 4.90 Å². The van der Waals surface area contributed by atoms with Crippen LogP contribution >= 0.6 is 11.8 Å². The van der Waals surface area contributed by atoms with E-state index in [9.17, 15) is 14.7 Å². The van der Waals surface area contributed by atoms with Gasteiger partial charge >= 0.3 is 12.0 Å². The number of carbonyl (C=O) groups excluding carboxylic acids is 1. The number of nitrogens with one attached hydrogen (secondary N) is 1. The predicted octanol–water partition coefficient (Wildman–Crippen LogP) is 1.73. The second-order valence-electron chi connectivity index (χ2n) is 5.72. The van der Waals surface area contributed by atoms with Crippen LogP contribution < -0.4 is 5.32 Å². The first-order chi connectivity index (χ1) is 8.34. The summed E-state index contributed by atoms with van der Waals surface area (Å²) in [6, 6.07) is -0.934. The van der Waals surface area contributed by atoms with Crippen molar-refractivity contribution >= 4 is 23.8 Å². The van der Waals surface area contributed by atoms with Crippen molar-refractivity contribution in [2.45, 2.75) is 50.6 Å². The summed E-state index contributed by atoms with van der Waals surface area (Å²) in [5.74, 6) is -0.193. The molecule has 0 bridgehead atoms. The molecule has 0 spiro atoms. The third-order valence-electron chi connectivity index (χ3n) is 3.53. The molecule has 1 aliphatic carbocycles. The Bertz CT molecular complexity index is 368. The first-order valence-corrected chi connectivity index (χ1v) is 7.34. The first kappa shape index (κ1) is 13.5. The van der Waals surface area contributed by atoms with Gasteiger partial charge in [-0.05, 0) is 25.7 Å². The number of rotatable bonds is 3. The summed E-state index contributed by atoms with van der Waals surface area (Å²) < 4.78 is 0. The summed E-state index contributed by atoms with van der Waals surface area (Å²) in [6.07, 6.45) is 1.95. The summed E-state index contributed by atoms with van der Waals surface area (Å²) in [4.78, 5) is 25.0. The van der Waals surface area contributed by atoms with Crippen molar-refractivity contribution < 1.29 is 14.7 Å². The summed E-state index contributed by atoms with van der Waals surface area (Å²) in [7, 11) is 0. The SMILES string of the molecule is CC(C)C1SCC(C(=O)O)N1C(=O)NC1(C)CC1. The Morgan fingerprint density at radius 2 is 2.06 bits per heavy atom. The molecule has 0 radical (unpaired) electrons. The van der Waals surface area contributed by atoms with Crippen LogP contribution in [0.4, 0.5) is 4.79 Å². The second-order valence-corrected chi connectivity index (χ2v) is 6.87. The maximum absolute atomic E-state index is 12.3. The summed E-state index contributed by atoms with van der Waals surface area (Å²) in [5, 5.41) is 12.1. The van der Waals surface area contributed by atoms with Gasteiger partial charge < -0.3 is 10.4 Å². The highest BCUT2D eigenvalue weighted by atomic mass is 32.2. The highest BCUT2D eigenvalue weighted by Crippen LogP contribution is 2.37. The number of nitrogens with zero attached hydrogens (tertiary/aromatic N) is 1. The zero-order valence-corrected chi connectivity index (χ0v) is 11.8. The van der Waals surface area contributed by atoms with Crippen LogP contribution in [-0.2, 0) is 4.79 Å². The van der Waals surface area contributed by atoms with Crippen LogP contribution in [0.25, 0.3) is 0 Å². The van der Waals surface area contributed by atoms with Crippen LogP contribution in [0.3, 0.4) is 0 Å². The van der Waals surface area contributed by atoms with Gasteiger partial charge in [-0.25, -0.2) is 9.59 Å². The van der Waals surface area contributed by atoms with Crippen molar-refractivity contribution in [3.63, 3.8) is 0 Å². The molecule has 2 aliphatic rings. The van der Waals surface area contributed by atoms with Crippen LogP contribution in [0, 0.1) is 5.92 Å². The van der Waals surface area contributed by atoms with Crippen molar-refractivity contribution in [2.75, 3.05) is 5.75 Å². The van der Waals surface area contributed by atoms with E-state index >= 15 is 0 Å². The zero-order valence-electron chi connectivity index (χ0n) is 11.0. The van der Waals surface area contributed by atoms with Gasteiger partial charge in [0.25, 0.3) is 0 Å². The largest absolute Gasteiger partial charge is 0.480 e. The normalized spacial score (nSPS) is 29.4. The van der Waals surface area contributed by atoms with Gasteiger partial charge in [0.2, 0.25) is 0 Å². The average Bonchev–Trinajstić information content (AvgIpc) is 2.82. The van der Waals surface area contributed by atoms with Gasteiger partial charge in [0, 0.05) is 11.3 Å². The van der Waals surface area contributed by atoms with Gasteiger partial charge in [-0.15, -0.1) is 11.8 Å². The Kier molecular flexibility index (Phi) is 3.49. The molecule has 2 unspecified atom stereocenters. The molecule has 0 aromatic carbocycles. The van der Waals surface area contributed by atoms with Crippen molar-refractivity contribution in [3.05, 3.63) is 0 Å². The minimum atomic E-state index is -0.915. The quantitative estimate of drug-likeness (QED) is 0.821. The maximum atomic E-state index is 12.3. The van der Waals surface area contributed by atoms with Gasteiger partial charge in [-0.2, -0.15) is 0 Å². The second kappa shape index (κ2) is 4.64. The van der Waals surface area contributed by atoms with E-state index in [-0.39, 0.29) is 22.9 Å². The van der Waals surface area contributed by atoms with Crippen molar-refractivity contribution in [1.82, 2.24) is 10.2 Å². The summed E-state index contributed by atoms with van der Waals surface area (Å²) in [5.41, 5.74) is -0.116. The van der Waals surface area contributed by atoms with Crippen LogP contribution in [-0.4, -0.2) is 44.7 Å². The molecular formula is C12H20N2O3S. The lowest BCUT2D eigenvalue weighted by molar-refractivity contribution is -0.141. The first-order valence-electron chi connectivity index (χ1n) is 6.29. The Balaban J connectivity index is 2.12. The molecule has 2 fully saturated rings. The highest BCUT2D eigenvalue weighted by Gasteiger charge is 2.46. The lowest BCUT2D eigenvalue weighted by Gasteiger charge is -2.31. The number of thioether (sulfide) groups is 1. The molecule has 0 aromatic rings. The van der Waals surface area contributed by atoms with E-state index in [1.807, 2.05) is 20.8 Å². The molecule has 2 N–H and O–H groups in total. The Labute approximate surface area is 111 Å². The molecule has 2 rings (SSSR count). The Morgan fingerprint density at radius 1 is 1.44 bits per heavy atom. The third kappa shape index (κ3) is 2.58. The molecule has 5 nitrogen and oxygen atoms in total. The van der Waals surface area contributed by atoms with Crippen LogP contribution in [0.5, 0.6) is 0 Å². The molecule has 1 saturated carbocycles. The fourth-order valence-corrected chi connectivity index (χ4v) is 3.59. The number of hydrogen-bond acceptors (Lipinski definition) is 3. The van der Waals surface area contributed by atoms with E-state index in [4.69, 9.17) is 0 Å². The van der Waals surface area contributed by atoms with Gasteiger partial charge in [-0.1, -0.05) is 13.8 Å². The maximum Gasteiger partial charge on any atom is 0.327 e. The van der Waals surface area contributed by atoms with Crippen LogP contribution in [0.15, 0.2) is 0 Å². The van der Waals surface area contributed by atoms with Gasteiger partial charge in [0.15, 0.2) is 0 Å². The Hall–Kier alpha value is -0.910. The lowest BCUT2D eigenvalue weighted by Crippen LogP contribution is -2.53. The highest BCUT2D eigenvalue weighted by molar-refractivity contribution is 8.00. The molecular weight excluding hydrogens is 252 g/mol. The number of hydrogen-bond donors (Lipinski definition) is 2. The molecule has 1 aliphatic heterocycles. The fraction of sp³-hybridized carbons (Fsp3) is 0.833. The van der Waals surface area contributed by atoms with Crippen molar-refractivity contribution in [3.8, 4) is 0 Å². The summed E-state index contributed by atoms with van der Waals surface area (Å²) >= 11 is 1.55. The predicted molar refractivity (Wildman–Crippen MR) is 70.5 cm³/mol. The fourth-order valence-electron chi connectivity index (χ4n) is 2.12. The van der Waals surface area contributed by atoms with Gasteiger partial charge in [0.05, 0.1) is 5.37 Å². The van der Waals surface area contributed by atoms with E-state index in [1.54, 1.807) is 11.8 Å². The van der Waals surface area contributed by atoms with E-state index in [0.717, 1.165) is 12.8 Å². The number of urea groups is 1. The molecule has 1 saturated heterocycles. The number of carboxylic acid groups (broad SMARTS) is 1. The molecule has 2 amide bonds. The molecule has 1 heterocycles. The van der Waals surface area contributed by atoms with Crippen LogP contribution in [0.1, 0.15) is 33.6 Å². The third-order valence-corrected chi connectivity index (χ3v) is 5.15. The minimum absolute atomic E-state index is 0.0477. The van der Waals surface area contributed by atoms with Crippen LogP contribution in [0.2, 0.25) is 0 Å². The molecule has 102 valence electrons. The number of aliphatic carboxylic acids is 1. The molecule has 0 aromatic heterocycles. The molecule has 18 heavy (non-hydrogen) atoms. The van der Waals surface area contributed by atoms with Crippen molar-refractivity contribution in [2.24, 2.45) is 5.92 Å². The van der Waals surface area contributed by atoms with Crippen molar-refractivity contribution in [1.29, 1.82) is 0 Å². The smallest absolute Gasteiger partial charge is 0.327 e. The topological polar surface area (TPSA) is 69.6 Å². The van der Waals surface area contributed by atoms with E-state index in [2.05, 4.69) is 5.32 Å². The minimum Gasteiger partial charge on any atom is -0.480 e. The molecule has 2 atom stereocenters. The summed E-state index contributed by atoms with van der Waals surface area (Å²) in [6.45, 7) is 6.02. The average molecular weight is 272 g/mol. The lowest BCUT2D eigenvalue weighted by atomic mass is 10.1. The van der Waals surface area contributed by atoms with E-state index in [0.29, 0.717) is 5.75 Å². The molecule has 6 heteroatoms. The number of carboxylic acids is 1. The van der Waals surface area contributed by atoms with Gasteiger partial charge in [-0.3, -0.25) is 4.90 Å². The monoisotopic (exact) mass is 272 g/mol.